The van der Waals surface area contributed by atoms with E-state index in [9.17, 15) is 18.0 Å². The van der Waals surface area contributed by atoms with Gasteiger partial charge in [0.05, 0.1) is 11.2 Å². The molecule has 2 rings (SSSR count). The van der Waals surface area contributed by atoms with Gasteiger partial charge in [0.25, 0.3) is 0 Å². The highest BCUT2D eigenvalue weighted by molar-refractivity contribution is 7.80. The van der Waals surface area contributed by atoms with Crippen molar-refractivity contribution in [2.75, 3.05) is 0 Å². The van der Waals surface area contributed by atoms with Crippen LogP contribution in [-0.2, 0) is 6.18 Å². The molecule has 0 unspecified atom stereocenters. The van der Waals surface area contributed by atoms with Crippen molar-refractivity contribution in [3.63, 3.8) is 0 Å². The number of rotatable bonds is 1. The molecule has 0 aromatic carbocycles. The standard InChI is InChI=1S/C8H5F3N4O2S/c9-8(10,11)4-1-5(18)14-6-3(17-7(12)16)2-13-15(4)6/h1-2H,(H2,12,16)(H,14,18). The second-order valence-corrected chi connectivity index (χ2v) is 3.62. The molecule has 0 spiro atoms. The van der Waals surface area contributed by atoms with Crippen molar-refractivity contribution in [2.45, 2.75) is 11.2 Å². The van der Waals surface area contributed by atoms with Gasteiger partial charge in [-0.15, -0.1) is 12.6 Å². The van der Waals surface area contributed by atoms with Crippen LogP contribution in [0.15, 0.2) is 17.3 Å². The summed E-state index contributed by atoms with van der Waals surface area (Å²) in [5.41, 5.74) is 3.39. The summed E-state index contributed by atoms with van der Waals surface area (Å²) in [6.45, 7) is 0. The van der Waals surface area contributed by atoms with Gasteiger partial charge in [-0.25, -0.2) is 14.3 Å². The van der Waals surface area contributed by atoms with Gasteiger partial charge in [-0.05, 0) is 0 Å². The smallest absolute Gasteiger partial charge is 0.405 e. The molecule has 0 saturated carbocycles. The summed E-state index contributed by atoms with van der Waals surface area (Å²) in [6.07, 6.45) is -4.91. The van der Waals surface area contributed by atoms with E-state index in [-0.39, 0.29) is 16.4 Å². The Bertz CT molecular complexity index is 625. The second-order valence-electron chi connectivity index (χ2n) is 3.16. The first-order valence-electron chi connectivity index (χ1n) is 4.41. The highest BCUT2D eigenvalue weighted by Crippen LogP contribution is 2.32. The minimum atomic E-state index is -4.64. The van der Waals surface area contributed by atoms with Gasteiger partial charge < -0.3 is 10.5 Å². The van der Waals surface area contributed by atoms with Crippen molar-refractivity contribution in [3.8, 4) is 5.75 Å². The predicted octanol–water partition coefficient (Wildman–Crippen LogP) is 1.49. The third-order valence-corrected chi connectivity index (χ3v) is 2.16. The van der Waals surface area contributed by atoms with Gasteiger partial charge in [-0.1, -0.05) is 0 Å². The maximum absolute atomic E-state index is 12.7. The van der Waals surface area contributed by atoms with Gasteiger partial charge in [0.1, 0.15) is 0 Å². The SMILES string of the molecule is NC(=O)Oc1cnn2c(C(F)(F)F)cc(S)nc12. The number of ether oxygens (including phenoxy) is 1. The van der Waals surface area contributed by atoms with E-state index in [2.05, 4.69) is 27.4 Å². The molecule has 0 fully saturated rings. The normalized spacial score (nSPS) is 11.8. The van der Waals surface area contributed by atoms with Crippen LogP contribution >= 0.6 is 12.6 Å². The van der Waals surface area contributed by atoms with Crippen molar-refractivity contribution in [1.82, 2.24) is 14.6 Å². The van der Waals surface area contributed by atoms with Crippen molar-refractivity contribution >= 4 is 24.4 Å². The first-order valence-corrected chi connectivity index (χ1v) is 4.86. The number of amides is 1. The Labute approximate surface area is 103 Å². The average molecular weight is 278 g/mol. The molecule has 0 bridgehead atoms. The van der Waals surface area contributed by atoms with Crippen LogP contribution in [0, 0.1) is 0 Å². The zero-order valence-electron chi connectivity index (χ0n) is 8.47. The molecular formula is C8H5F3N4O2S. The van der Waals surface area contributed by atoms with Crippen molar-refractivity contribution in [1.29, 1.82) is 0 Å². The molecule has 0 aliphatic rings. The number of carbonyl (C=O) groups excluding carboxylic acids is 1. The largest absolute Gasteiger partial charge is 0.433 e. The number of halogens is 3. The summed E-state index contributed by atoms with van der Waals surface area (Å²) < 4.78 is 43.1. The van der Waals surface area contributed by atoms with Crippen LogP contribution in [0.1, 0.15) is 5.69 Å². The fourth-order valence-corrected chi connectivity index (χ4v) is 1.53. The Balaban J connectivity index is 2.69. The van der Waals surface area contributed by atoms with Gasteiger partial charge in [0.2, 0.25) is 0 Å². The molecule has 0 aliphatic heterocycles. The van der Waals surface area contributed by atoms with Gasteiger partial charge in [0.15, 0.2) is 17.1 Å². The molecule has 0 radical (unpaired) electrons. The van der Waals surface area contributed by atoms with Crippen LogP contribution < -0.4 is 10.5 Å². The van der Waals surface area contributed by atoms with Crippen molar-refractivity contribution < 1.29 is 22.7 Å². The molecule has 18 heavy (non-hydrogen) atoms. The summed E-state index contributed by atoms with van der Waals surface area (Å²) in [6, 6.07) is 0.706. The average Bonchev–Trinajstić information content (AvgIpc) is 2.58. The minimum absolute atomic E-state index is 0.190. The Morgan fingerprint density at radius 2 is 2.17 bits per heavy atom. The first-order chi connectivity index (χ1) is 8.29. The molecule has 0 saturated heterocycles. The zero-order valence-corrected chi connectivity index (χ0v) is 9.37. The van der Waals surface area contributed by atoms with E-state index in [1.165, 1.54) is 0 Å². The molecule has 10 heteroatoms. The minimum Gasteiger partial charge on any atom is -0.405 e. The lowest BCUT2D eigenvalue weighted by Crippen LogP contribution is -2.17. The van der Waals surface area contributed by atoms with E-state index in [0.717, 1.165) is 6.20 Å². The summed E-state index contributed by atoms with van der Waals surface area (Å²) in [5, 5.41) is 3.26. The molecule has 1 amide bonds. The number of hydrogen-bond acceptors (Lipinski definition) is 5. The predicted molar refractivity (Wildman–Crippen MR) is 55.5 cm³/mol. The number of nitrogens with zero attached hydrogens (tertiary/aromatic N) is 3. The topological polar surface area (TPSA) is 82.5 Å². The fourth-order valence-electron chi connectivity index (χ4n) is 1.31. The summed E-state index contributed by atoms with van der Waals surface area (Å²) in [7, 11) is 0. The third kappa shape index (κ3) is 2.18. The Hall–Kier alpha value is -1.97. The molecule has 2 N–H and O–H groups in total. The van der Waals surface area contributed by atoms with E-state index >= 15 is 0 Å². The monoisotopic (exact) mass is 278 g/mol. The number of nitrogens with two attached hydrogens (primary N) is 1. The molecule has 0 atom stereocenters. The molecule has 2 aromatic rings. The van der Waals surface area contributed by atoms with Crippen LogP contribution in [0.4, 0.5) is 18.0 Å². The van der Waals surface area contributed by atoms with E-state index in [1.807, 2.05) is 0 Å². The van der Waals surface area contributed by atoms with Crippen LogP contribution in [0.3, 0.4) is 0 Å². The van der Waals surface area contributed by atoms with Crippen molar-refractivity contribution in [2.24, 2.45) is 5.73 Å². The maximum Gasteiger partial charge on any atom is 0.433 e. The second kappa shape index (κ2) is 4.05. The van der Waals surface area contributed by atoms with E-state index < -0.39 is 18.0 Å². The summed E-state index contributed by atoms with van der Waals surface area (Å²) >= 11 is 3.75. The van der Waals surface area contributed by atoms with E-state index in [4.69, 9.17) is 5.73 Å². The summed E-state index contributed by atoms with van der Waals surface area (Å²) in [4.78, 5) is 14.3. The Morgan fingerprint density at radius 3 is 2.72 bits per heavy atom. The van der Waals surface area contributed by atoms with Gasteiger partial charge >= 0.3 is 12.3 Å². The molecule has 96 valence electrons. The lowest BCUT2D eigenvalue weighted by Gasteiger charge is -2.09. The van der Waals surface area contributed by atoms with Crippen LogP contribution in [-0.4, -0.2) is 20.7 Å². The first kappa shape index (κ1) is 12.5. The quantitative estimate of drug-likeness (QED) is 0.611. The van der Waals surface area contributed by atoms with E-state index in [1.54, 1.807) is 0 Å². The highest BCUT2D eigenvalue weighted by atomic mass is 32.1. The van der Waals surface area contributed by atoms with Gasteiger partial charge in [-0.3, -0.25) is 0 Å². The fraction of sp³-hybridized carbons (Fsp3) is 0.125. The number of carbonyl (C=O) groups is 1. The van der Waals surface area contributed by atoms with Gasteiger partial charge in [-0.2, -0.15) is 18.3 Å². The number of alkyl halides is 3. The van der Waals surface area contributed by atoms with Gasteiger partial charge in [0, 0.05) is 6.07 Å². The highest BCUT2D eigenvalue weighted by Gasteiger charge is 2.35. The molecule has 0 aliphatic carbocycles. The molecular weight excluding hydrogens is 273 g/mol. The van der Waals surface area contributed by atoms with Crippen LogP contribution in [0.5, 0.6) is 5.75 Å². The van der Waals surface area contributed by atoms with Crippen LogP contribution in [0.2, 0.25) is 0 Å². The third-order valence-electron chi connectivity index (χ3n) is 1.93. The molecule has 2 heterocycles. The lowest BCUT2D eigenvalue weighted by molar-refractivity contribution is -0.142. The van der Waals surface area contributed by atoms with E-state index in [0.29, 0.717) is 10.6 Å². The number of fused-ring (bicyclic) bond motifs is 1. The zero-order chi connectivity index (χ0) is 13.5. The number of thiol groups is 1. The number of primary amides is 1. The molecule has 6 nitrogen and oxygen atoms in total. The van der Waals surface area contributed by atoms with Crippen LogP contribution in [0.25, 0.3) is 5.65 Å². The van der Waals surface area contributed by atoms with Crippen molar-refractivity contribution in [3.05, 3.63) is 18.0 Å². The number of aromatic nitrogens is 3. The summed E-state index contributed by atoms with van der Waals surface area (Å²) in [5.74, 6) is -0.274. The number of hydrogen-bond donors (Lipinski definition) is 2. The lowest BCUT2D eigenvalue weighted by atomic mass is 10.4. The Morgan fingerprint density at radius 1 is 1.50 bits per heavy atom. The maximum atomic E-state index is 12.7. The Kier molecular flexibility index (Phi) is 2.81. The molecule has 2 aromatic heterocycles.